The Hall–Kier alpha value is -0.120. The molecule has 0 aromatic heterocycles. The van der Waals surface area contributed by atoms with Gasteiger partial charge in [-0.1, -0.05) is 0 Å². The van der Waals surface area contributed by atoms with Crippen molar-refractivity contribution in [3.63, 3.8) is 0 Å². The van der Waals surface area contributed by atoms with Gasteiger partial charge in [-0.3, -0.25) is 0 Å². The summed E-state index contributed by atoms with van der Waals surface area (Å²) in [7, 11) is 0. The largest absolute Gasteiger partial charge is 0.330 e. The van der Waals surface area contributed by atoms with Crippen molar-refractivity contribution in [1.82, 2.24) is 10.2 Å². The fourth-order valence-electron chi connectivity index (χ4n) is 2.96. The molecular formula is C14H29N3. The predicted octanol–water partition coefficient (Wildman–Crippen LogP) is 1.43. The van der Waals surface area contributed by atoms with E-state index in [0.717, 1.165) is 25.0 Å². The van der Waals surface area contributed by atoms with Crippen molar-refractivity contribution in [3.8, 4) is 0 Å². The van der Waals surface area contributed by atoms with Gasteiger partial charge in [0.05, 0.1) is 0 Å². The zero-order chi connectivity index (χ0) is 12.3. The van der Waals surface area contributed by atoms with Gasteiger partial charge >= 0.3 is 0 Å². The molecule has 2 fully saturated rings. The fourth-order valence-corrected chi connectivity index (χ4v) is 2.96. The highest BCUT2D eigenvalue weighted by molar-refractivity contribution is 4.85. The number of piperidine rings is 1. The third kappa shape index (κ3) is 3.94. The summed E-state index contributed by atoms with van der Waals surface area (Å²) in [5.74, 6) is 1.55. The van der Waals surface area contributed by atoms with Crippen LogP contribution in [0.15, 0.2) is 0 Å². The minimum Gasteiger partial charge on any atom is -0.330 e. The molecule has 1 aliphatic carbocycles. The van der Waals surface area contributed by atoms with Crippen molar-refractivity contribution in [2.24, 2.45) is 17.6 Å². The van der Waals surface area contributed by atoms with Gasteiger partial charge < -0.3 is 16.0 Å². The first kappa shape index (κ1) is 13.3. The van der Waals surface area contributed by atoms with Crippen LogP contribution in [0.5, 0.6) is 0 Å². The Labute approximate surface area is 106 Å². The van der Waals surface area contributed by atoms with E-state index in [0.29, 0.717) is 12.0 Å². The van der Waals surface area contributed by atoms with E-state index in [1.165, 1.54) is 38.8 Å². The van der Waals surface area contributed by atoms with Crippen LogP contribution in [0.2, 0.25) is 0 Å². The molecule has 0 amide bonds. The summed E-state index contributed by atoms with van der Waals surface area (Å²) in [6, 6.07) is 1.52. The van der Waals surface area contributed by atoms with E-state index in [-0.39, 0.29) is 0 Å². The van der Waals surface area contributed by atoms with E-state index in [9.17, 15) is 0 Å². The molecule has 1 aliphatic heterocycles. The zero-order valence-electron chi connectivity index (χ0n) is 11.5. The standard InChI is InChI=1S/C14H29N3/c1-11(2)17-7-5-12(6-8-17)13(9-15)10-16-14-3-4-14/h11-14,16H,3-10,15H2,1-2H3. The predicted molar refractivity (Wildman–Crippen MR) is 73.0 cm³/mol. The van der Waals surface area contributed by atoms with Gasteiger partial charge in [0, 0.05) is 12.1 Å². The average molecular weight is 239 g/mol. The molecule has 0 radical (unpaired) electrons. The van der Waals surface area contributed by atoms with Crippen LogP contribution in [0, 0.1) is 11.8 Å². The second kappa shape index (κ2) is 6.17. The third-order valence-corrected chi connectivity index (χ3v) is 4.52. The zero-order valence-corrected chi connectivity index (χ0v) is 11.5. The minimum absolute atomic E-state index is 0.699. The normalized spacial score (nSPS) is 25.4. The molecule has 1 atom stereocenters. The molecule has 17 heavy (non-hydrogen) atoms. The molecule has 3 N–H and O–H groups in total. The van der Waals surface area contributed by atoms with Crippen molar-refractivity contribution in [3.05, 3.63) is 0 Å². The van der Waals surface area contributed by atoms with Crippen molar-refractivity contribution < 1.29 is 0 Å². The van der Waals surface area contributed by atoms with E-state index in [4.69, 9.17) is 5.73 Å². The topological polar surface area (TPSA) is 41.3 Å². The van der Waals surface area contributed by atoms with Crippen LogP contribution in [-0.4, -0.2) is 43.2 Å². The van der Waals surface area contributed by atoms with Crippen molar-refractivity contribution in [2.75, 3.05) is 26.2 Å². The lowest BCUT2D eigenvalue weighted by Crippen LogP contribution is -2.43. The monoisotopic (exact) mass is 239 g/mol. The van der Waals surface area contributed by atoms with Gasteiger partial charge in [-0.2, -0.15) is 0 Å². The lowest BCUT2D eigenvalue weighted by Gasteiger charge is -2.37. The smallest absolute Gasteiger partial charge is 0.00683 e. The summed E-state index contributed by atoms with van der Waals surface area (Å²) in [6.45, 7) is 9.13. The van der Waals surface area contributed by atoms with Gasteiger partial charge in [0.2, 0.25) is 0 Å². The minimum atomic E-state index is 0.699. The van der Waals surface area contributed by atoms with Crippen LogP contribution in [0.4, 0.5) is 0 Å². The molecule has 1 unspecified atom stereocenters. The maximum atomic E-state index is 5.95. The highest BCUT2D eigenvalue weighted by Gasteiger charge is 2.28. The third-order valence-electron chi connectivity index (χ3n) is 4.52. The molecule has 0 aromatic carbocycles. The summed E-state index contributed by atoms with van der Waals surface area (Å²) < 4.78 is 0. The highest BCUT2D eigenvalue weighted by atomic mass is 15.1. The van der Waals surface area contributed by atoms with Gasteiger partial charge in [-0.25, -0.2) is 0 Å². The summed E-state index contributed by atoms with van der Waals surface area (Å²) in [5, 5.41) is 3.65. The Balaban J connectivity index is 1.72. The van der Waals surface area contributed by atoms with Gasteiger partial charge in [-0.05, 0) is 77.5 Å². The number of hydrogen-bond donors (Lipinski definition) is 2. The molecule has 100 valence electrons. The first-order chi connectivity index (χ1) is 8.20. The van der Waals surface area contributed by atoms with Gasteiger partial charge in [0.15, 0.2) is 0 Å². The second-order valence-electron chi connectivity index (χ2n) is 6.15. The van der Waals surface area contributed by atoms with Crippen molar-refractivity contribution in [1.29, 1.82) is 0 Å². The molecule has 0 aromatic rings. The van der Waals surface area contributed by atoms with E-state index in [2.05, 4.69) is 24.1 Å². The molecule has 3 heteroatoms. The molecule has 2 aliphatic rings. The van der Waals surface area contributed by atoms with Gasteiger partial charge in [-0.15, -0.1) is 0 Å². The van der Waals surface area contributed by atoms with Gasteiger partial charge in [0.1, 0.15) is 0 Å². The van der Waals surface area contributed by atoms with Crippen LogP contribution >= 0.6 is 0 Å². The number of nitrogens with one attached hydrogen (secondary N) is 1. The highest BCUT2D eigenvalue weighted by Crippen LogP contribution is 2.26. The molecule has 0 bridgehead atoms. The maximum absolute atomic E-state index is 5.95. The SMILES string of the molecule is CC(C)N1CCC(C(CN)CNC2CC2)CC1. The molecule has 0 spiro atoms. The molecule has 3 nitrogen and oxygen atoms in total. The quantitative estimate of drug-likeness (QED) is 0.737. The van der Waals surface area contributed by atoms with Crippen LogP contribution in [0.1, 0.15) is 39.5 Å². The number of nitrogens with two attached hydrogens (primary N) is 1. The molecule has 1 saturated carbocycles. The molecule has 1 heterocycles. The molecular weight excluding hydrogens is 210 g/mol. The Morgan fingerprint density at radius 3 is 2.29 bits per heavy atom. The maximum Gasteiger partial charge on any atom is 0.00683 e. The Morgan fingerprint density at radius 1 is 1.18 bits per heavy atom. The number of rotatable bonds is 6. The fraction of sp³-hybridized carbons (Fsp3) is 1.00. The lowest BCUT2D eigenvalue weighted by atomic mass is 9.84. The van der Waals surface area contributed by atoms with E-state index >= 15 is 0 Å². The van der Waals surface area contributed by atoms with Crippen molar-refractivity contribution >= 4 is 0 Å². The van der Waals surface area contributed by atoms with Crippen LogP contribution in [-0.2, 0) is 0 Å². The number of hydrogen-bond acceptors (Lipinski definition) is 3. The Bertz CT molecular complexity index is 218. The molecule has 2 rings (SSSR count). The average Bonchev–Trinajstić information content (AvgIpc) is 3.14. The Kier molecular flexibility index (Phi) is 4.83. The summed E-state index contributed by atoms with van der Waals surface area (Å²) in [5.41, 5.74) is 5.95. The van der Waals surface area contributed by atoms with Crippen LogP contribution in [0.25, 0.3) is 0 Å². The molecule has 1 saturated heterocycles. The Morgan fingerprint density at radius 2 is 1.82 bits per heavy atom. The summed E-state index contributed by atoms with van der Waals surface area (Å²) in [4.78, 5) is 2.60. The van der Waals surface area contributed by atoms with Crippen molar-refractivity contribution in [2.45, 2.75) is 51.6 Å². The first-order valence-corrected chi connectivity index (χ1v) is 7.38. The van der Waals surface area contributed by atoms with E-state index in [1.807, 2.05) is 0 Å². The second-order valence-corrected chi connectivity index (χ2v) is 6.15. The summed E-state index contributed by atoms with van der Waals surface area (Å²) >= 11 is 0. The van der Waals surface area contributed by atoms with Crippen LogP contribution < -0.4 is 11.1 Å². The van der Waals surface area contributed by atoms with E-state index in [1.54, 1.807) is 0 Å². The van der Waals surface area contributed by atoms with Gasteiger partial charge in [0.25, 0.3) is 0 Å². The van der Waals surface area contributed by atoms with E-state index < -0.39 is 0 Å². The summed E-state index contributed by atoms with van der Waals surface area (Å²) in [6.07, 6.45) is 5.44. The number of nitrogens with zero attached hydrogens (tertiary/aromatic N) is 1. The van der Waals surface area contributed by atoms with Crippen LogP contribution in [0.3, 0.4) is 0 Å². The lowest BCUT2D eigenvalue weighted by molar-refractivity contribution is 0.121. The number of likely N-dealkylation sites (tertiary alicyclic amines) is 1. The first-order valence-electron chi connectivity index (χ1n) is 7.38.